The average Bonchev–Trinajstić information content (AvgIpc) is 3.27. The first-order valence-corrected chi connectivity index (χ1v) is 12.0. The van der Waals surface area contributed by atoms with Crippen LogP contribution in [-0.2, 0) is 6.42 Å². The van der Waals surface area contributed by atoms with Crippen molar-refractivity contribution in [2.75, 3.05) is 0 Å². The molecule has 1 aromatic heterocycles. The smallest absolute Gasteiger partial charge is 0.138 e. The summed E-state index contributed by atoms with van der Waals surface area (Å²) in [5, 5.41) is 11.3. The van der Waals surface area contributed by atoms with Crippen LogP contribution in [0.1, 0.15) is 22.3 Å². The van der Waals surface area contributed by atoms with E-state index < -0.39 is 0 Å². The molecule has 0 saturated carbocycles. The largest absolute Gasteiger partial charge is 0.506 e. The minimum absolute atomic E-state index is 0.151. The van der Waals surface area contributed by atoms with Crippen LogP contribution in [0.3, 0.4) is 0 Å². The molecule has 6 heteroatoms. The molecule has 0 spiro atoms. The van der Waals surface area contributed by atoms with Crippen molar-refractivity contribution in [1.82, 2.24) is 9.97 Å². The Balaban J connectivity index is 1.47. The van der Waals surface area contributed by atoms with Gasteiger partial charge >= 0.3 is 0 Å². The van der Waals surface area contributed by atoms with E-state index in [1.54, 1.807) is 6.21 Å². The number of rotatable bonds is 5. The molecule has 0 fully saturated rings. The van der Waals surface area contributed by atoms with Crippen LogP contribution in [0.2, 0.25) is 5.02 Å². The van der Waals surface area contributed by atoms with E-state index in [-0.39, 0.29) is 5.75 Å². The Bertz CT molecular complexity index is 1510. The molecule has 0 amide bonds. The number of fused-ring (bicyclic) bond motifs is 1. The lowest BCUT2D eigenvalue weighted by Gasteiger charge is -2.09. The lowest BCUT2D eigenvalue weighted by molar-refractivity contribution is 0.471. The van der Waals surface area contributed by atoms with Crippen molar-refractivity contribution < 1.29 is 5.11 Å². The van der Waals surface area contributed by atoms with Gasteiger partial charge in [0.25, 0.3) is 0 Å². The molecule has 0 aliphatic heterocycles. The number of phenols is 1. The number of aromatic hydroxyl groups is 1. The predicted molar refractivity (Wildman–Crippen MR) is 144 cm³/mol. The zero-order chi connectivity index (χ0) is 23.7. The van der Waals surface area contributed by atoms with Gasteiger partial charge in [0, 0.05) is 22.4 Å². The molecule has 0 atom stereocenters. The molecule has 5 rings (SSSR count). The standard InChI is InChI=1S/C28H21BrClN3O/c1-17-10-11-20(28-32-24-8-4-5-9-25(24)33-28)15-26(17)31-16-21-13-18(14-22(29)27(21)34)12-19-6-2-3-7-23(19)30/h2-11,13-16,34H,12H2,1H3,(H,32,33). The summed E-state index contributed by atoms with van der Waals surface area (Å²) in [6, 6.07) is 25.6. The fourth-order valence-electron chi connectivity index (χ4n) is 3.87. The van der Waals surface area contributed by atoms with Crippen LogP contribution in [-0.4, -0.2) is 21.3 Å². The highest BCUT2D eigenvalue weighted by atomic mass is 79.9. The van der Waals surface area contributed by atoms with Gasteiger partial charge in [-0.05, 0) is 82.4 Å². The number of aryl methyl sites for hydroxylation is 1. The molecule has 34 heavy (non-hydrogen) atoms. The Morgan fingerprint density at radius 3 is 2.65 bits per heavy atom. The number of aromatic amines is 1. The highest BCUT2D eigenvalue weighted by Crippen LogP contribution is 2.32. The van der Waals surface area contributed by atoms with Gasteiger partial charge < -0.3 is 10.1 Å². The fourth-order valence-corrected chi connectivity index (χ4v) is 4.59. The Labute approximate surface area is 211 Å². The molecule has 4 aromatic carbocycles. The number of H-pyrrole nitrogens is 1. The predicted octanol–water partition coefficient (Wildman–Crippen LogP) is 8.00. The summed E-state index contributed by atoms with van der Waals surface area (Å²) in [7, 11) is 0. The number of nitrogens with zero attached hydrogens (tertiary/aromatic N) is 2. The maximum Gasteiger partial charge on any atom is 0.138 e. The summed E-state index contributed by atoms with van der Waals surface area (Å²) in [6.07, 6.45) is 2.35. The van der Waals surface area contributed by atoms with Crippen LogP contribution in [0.15, 0.2) is 88.3 Å². The number of para-hydroxylation sites is 2. The van der Waals surface area contributed by atoms with Crippen molar-refractivity contribution in [2.45, 2.75) is 13.3 Å². The normalized spacial score (nSPS) is 11.5. The van der Waals surface area contributed by atoms with Crippen molar-refractivity contribution in [2.24, 2.45) is 4.99 Å². The van der Waals surface area contributed by atoms with Crippen LogP contribution in [0.5, 0.6) is 5.75 Å². The second-order valence-corrected chi connectivity index (χ2v) is 9.41. The lowest BCUT2D eigenvalue weighted by atomic mass is 10.0. The molecule has 5 aromatic rings. The van der Waals surface area contributed by atoms with Gasteiger partial charge in [-0.15, -0.1) is 0 Å². The Kier molecular flexibility index (Phi) is 6.22. The van der Waals surface area contributed by atoms with Gasteiger partial charge in [-0.25, -0.2) is 4.98 Å². The zero-order valence-electron chi connectivity index (χ0n) is 18.4. The van der Waals surface area contributed by atoms with Crippen molar-refractivity contribution >= 4 is 50.5 Å². The minimum atomic E-state index is 0.151. The minimum Gasteiger partial charge on any atom is -0.506 e. The molecule has 0 radical (unpaired) electrons. The monoisotopic (exact) mass is 529 g/mol. The zero-order valence-corrected chi connectivity index (χ0v) is 20.7. The van der Waals surface area contributed by atoms with Gasteiger partial charge in [-0.1, -0.05) is 54.1 Å². The third-order valence-electron chi connectivity index (χ3n) is 5.72. The molecule has 2 N–H and O–H groups in total. The number of hydrogen-bond acceptors (Lipinski definition) is 3. The van der Waals surface area contributed by atoms with Crippen LogP contribution in [0.4, 0.5) is 5.69 Å². The summed E-state index contributed by atoms with van der Waals surface area (Å²) >= 11 is 9.81. The molecule has 0 unspecified atom stereocenters. The first-order valence-electron chi connectivity index (χ1n) is 10.8. The van der Waals surface area contributed by atoms with E-state index >= 15 is 0 Å². The van der Waals surface area contributed by atoms with Gasteiger partial charge in [-0.2, -0.15) is 0 Å². The number of benzene rings is 4. The maximum atomic E-state index is 10.6. The van der Waals surface area contributed by atoms with Crippen LogP contribution < -0.4 is 0 Å². The number of imidazole rings is 1. The average molecular weight is 531 g/mol. The summed E-state index contributed by atoms with van der Waals surface area (Å²) in [5.41, 5.74) is 7.39. The van der Waals surface area contributed by atoms with Crippen molar-refractivity contribution in [3.05, 3.63) is 111 Å². The van der Waals surface area contributed by atoms with E-state index in [2.05, 4.69) is 20.9 Å². The molecule has 4 nitrogen and oxygen atoms in total. The van der Waals surface area contributed by atoms with Gasteiger partial charge in [-0.3, -0.25) is 4.99 Å². The number of aromatic nitrogens is 2. The van der Waals surface area contributed by atoms with Gasteiger partial charge in [0.2, 0.25) is 0 Å². The molecule has 1 heterocycles. The second-order valence-electron chi connectivity index (χ2n) is 8.15. The van der Waals surface area contributed by atoms with Crippen molar-refractivity contribution in [3.8, 4) is 17.1 Å². The highest BCUT2D eigenvalue weighted by molar-refractivity contribution is 9.10. The molecular formula is C28H21BrClN3O. The number of nitrogens with one attached hydrogen (secondary N) is 1. The van der Waals surface area contributed by atoms with E-state index in [1.165, 1.54) is 0 Å². The molecule has 0 aliphatic rings. The Hall–Kier alpha value is -3.41. The van der Waals surface area contributed by atoms with E-state index in [9.17, 15) is 5.11 Å². The summed E-state index contributed by atoms with van der Waals surface area (Å²) < 4.78 is 0.617. The quantitative estimate of drug-likeness (QED) is 0.226. The molecule has 168 valence electrons. The lowest BCUT2D eigenvalue weighted by Crippen LogP contribution is -1.93. The Morgan fingerprint density at radius 2 is 1.82 bits per heavy atom. The van der Waals surface area contributed by atoms with Gasteiger partial charge in [0.05, 0.1) is 21.2 Å². The Morgan fingerprint density at radius 1 is 1.03 bits per heavy atom. The maximum absolute atomic E-state index is 10.6. The summed E-state index contributed by atoms with van der Waals surface area (Å²) in [5.74, 6) is 0.947. The van der Waals surface area contributed by atoms with Crippen molar-refractivity contribution in [3.63, 3.8) is 0 Å². The van der Waals surface area contributed by atoms with Crippen LogP contribution in [0, 0.1) is 6.92 Å². The number of aliphatic imine (C=N–C) groups is 1. The van der Waals surface area contributed by atoms with E-state index in [1.807, 2.05) is 85.8 Å². The van der Waals surface area contributed by atoms with Crippen LogP contribution in [0.25, 0.3) is 22.4 Å². The molecule has 0 saturated heterocycles. The van der Waals surface area contributed by atoms with E-state index in [0.29, 0.717) is 16.5 Å². The first-order chi connectivity index (χ1) is 16.5. The van der Waals surface area contributed by atoms with Crippen LogP contribution >= 0.6 is 27.5 Å². The van der Waals surface area contributed by atoms with Gasteiger partial charge in [0.15, 0.2) is 0 Å². The topological polar surface area (TPSA) is 61.3 Å². The SMILES string of the molecule is Cc1ccc(-c2nc3ccccc3[nH]2)cc1N=Cc1cc(Cc2ccccc2Cl)cc(Br)c1O. The highest BCUT2D eigenvalue weighted by Gasteiger charge is 2.10. The fraction of sp³-hybridized carbons (Fsp3) is 0.0714. The molecule has 0 aliphatic carbocycles. The van der Waals surface area contributed by atoms with E-state index in [0.717, 1.165) is 49.8 Å². The third kappa shape index (κ3) is 4.63. The van der Waals surface area contributed by atoms with Crippen molar-refractivity contribution in [1.29, 1.82) is 0 Å². The first kappa shape index (κ1) is 22.4. The third-order valence-corrected chi connectivity index (χ3v) is 6.69. The van der Waals surface area contributed by atoms with Gasteiger partial charge in [0.1, 0.15) is 11.6 Å². The molecule has 0 bridgehead atoms. The number of phenolic OH excluding ortho intramolecular Hbond substituents is 1. The summed E-state index contributed by atoms with van der Waals surface area (Å²) in [6.45, 7) is 2.01. The summed E-state index contributed by atoms with van der Waals surface area (Å²) in [4.78, 5) is 12.8. The second kappa shape index (κ2) is 9.45. The molecular weight excluding hydrogens is 510 g/mol. The number of hydrogen-bond donors (Lipinski definition) is 2. The number of halogens is 2. The van der Waals surface area contributed by atoms with E-state index in [4.69, 9.17) is 21.6 Å².